The molecule has 5 heteroatoms. The van der Waals surface area contributed by atoms with Crippen molar-refractivity contribution >= 4 is 27.5 Å². The summed E-state index contributed by atoms with van der Waals surface area (Å²) in [5.41, 5.74) is 2.32. The number of benzene rings is 2. The zero-order valence-electron chi connectivity index (χ0n) is 10.9. The molecule has 0 atom stereocenters. The SMILES string of the molecule is Cc1cc(Br)cc(C)c1NC(=O)c1cc(F)cc(F)c1. The highest BCUT2D eigenvalue weighted by Crippen LogP contribution is 2.25. The van der Waals surface area contributed by atoms with Crippen LogP contribution in [-0.2, 0) is 0 Å². The second kappa shape index (κ2) is 5.71. The van der Waals surface area contributed by atoms with E-state index in [2.05, 4.69) is 21.2 Å². The van der Waals surface area contributed by atoms with Crippen LogP contribution < -0.4 is 5.32 Å². The number of aryl methyl sites for hydroxylation is 2. The van der Waals surface area contributed by atoms with Crippen molar-refractivity contribution in [3.8, 4) is 0 Å². The molecule has 0 aliphatic rings. The lowest BCUT2D eigenvalue weighted by molar-refractivity contribution is 0.102. The first-order valence-corrected chi connectivity index (χ1v) is 6.70. The van der Waals surface area contributed by atoms with Crippen LogP contribution in [0.1, 0.15) is 21.5 Å². The first-order chi connectivity index (χ1) is 9.36. The third-order valence-electron chi connectivity index (χ3n) is 2.86. The molecule has 0 aliphatic carbocycles. The van der Waals surface area contributed by atoms with E-state index >= 15 is 0 Å². The number of hydrogen-bond donors (Lipinski definition) is 1. The largest absolute Gasteiger partial charge is 0.321 e. The molecule has 2 aromatic rings. The molecule has 0 heterocycles. The zero-order chi connectivity index (χ0) is 14.9. The first-order valence-electron chi connectivity index (χ1n) is 5.91. The second-order valence-electron chi connectivity index (χ2n) is 4.53. The summed E-state index contributed by atoms with van der Waals surface area (Å²) in [7, 11) is 0. The number of amides is 1. The molecular formula is C15H12BrF2NO. The minimum Gasteiger partial charge on any atom is -0.321 e. The average Bonchev–Trinajstić information content (AvgIpc) is 2.32. The van der Waals surface area contributed by atoms with Crippen molar-refractivity contribution in [3.05, 3.63) is 63.1 Å². The summed E-state index contributed by atoms with van der Waals surface area (Å²) in [5, 5.41) is 2.68. The number of carbonyl (C=O) groups is 1. The van der Waals surface area contributed by atoms with Crippen LogP contribution in [0.2, 0.25) is 0 Å². The molecule has 104 valence electrons. The van der Waals surface area contributed by atoms with E-state index in [1.807, 2.05) is 26.0 Å². The Kier molecular flexibility index (Phi) is 4.18. The van der Waals surface area contributed by atoms with E-state index in [0.717, 1.165) is 33.8 Å². The summed E-state index contributed by atoms with van der Waals surface area (Å²) in [6.45, 7) is 3.69. The van der Waals surface area contributed by atoms with Gasteiger partial charge in [0.1, 0.15) is 11.6 Å². The predicted molar refractivity (Wildman–Crippen MR) is 77.9 cm³/mol. The molecule has 2 aromatic carbocycles. The van der Waals surface area contributed by atoms with Gasteiger partial charge in [0.2, 0.25) is 0 Å². The lowest BCUT2D eigenvalue weighted by Gasteiger charge is -2.12. The Morgan fingerprint density at radius 2 is 1.50 bits per heavy atom. The van der Waals surface area contributed by atoms with E-state index in [9.17, 15) is 13.6 Å². The highest BCUT2D eigenvalue weighted by molar-refractivity contribution is 9.10. The number of carbonyl (C=O) groups excluding carboxylic acids is 1. The van der Waals surface area contributed by atoms with Crippen molar-refractivity contribution in [1.82, 2.24) is 0 Å². The summed E-state index contributed by atoms with van der Waals surface area (Å²) in [6.07, 6.45) is 0. The van der Waals surface area contributed by atoms with Gasteiger partial charge in [-0.2, -0.15) is 0 Å². The first kappa shape index (κ1) is 14.7. The molecule has 0 saturated carbocycles. The Morgan fingerprint density at radius 3 is 2.00 bits per heavy atom. The van der Waals surface area contributed by atoms with Gasteiger partial charge in [-0.25, -0.2) is 8.78 Å². The van der Waals surface area contributed by atoms with Gasteiger partial charge in [0.05, 0.1) is 0 Å². The zero-order valence-corrected chi connectivity index (χ0v) is 12.5. The van der Waals surface area contributed by atoms with E-state index in [1.54, 1.807) is 0 Å². The minimum absolute atomic E-state index is 0.0516. The average molecular weight is 340 g/mol. The van der Waals surface area contributed by atoms with E-state index < -0.39 is 17.5 Å². The Bertz CT molecular complexity index is 642. The van der Waals surface area contributed by atoms with Crippen LogP contribution in [-0.4, -0.2) is 5.91 Å². The fourth-order valence-corrected chi connectivity index (χ4v) is 2.67. The van der Waals surface area contributed by atoms with Crippen molar-refractivity contribution in [2.24, 2.45) is 0 Å². The topological polar surface area (TPSA) is 29.1 Å². The summed E-state index contributed by atoms with van der Waals surface area (Å²) in [4.78, 5) is 12.1. The van der Waals surface area contributed by atoms with Crippen molar-refractivity contribution in [3.63, 3.8) is 0 Å². The third kappa shape index (κ3) is 3.22. The summed E-state index contributed by atoms with van der Waals surface area (Å²) in [5.74, 6) is -2.10. The second-order valence-corrected chi connectivity index (χ2v) is 5.44. The molecule has 0 bridgehead atoms. The maximum absolute atomic E-state index is 13.1. The molecule has 0 aliphatic heterocycles. The normalized spacial score (nSPS) is 10.4. The standard InChI is InChI=1S/C15H12BrF2NO/c1-8-3-11(16)4-9(2)14(8)19-15(20)10-5-12(17)7-13(18)6-10/h3-7H,1-2H3,(H,19,20). The number of halogens is 3. The van der Waals surface area contributed by atoms with Crippen LogP contribution in [0, 0.1) is 25.5 Å². The Labute approximate surface area is 123 Å². The van der Waals surface area contributed by atoms with Gasteiger partial charge < -0.3 is 5.32 Å². The maximum Gasteiger partial charge on any atom is 0.255 e. The molecule has 2 rings (SSSR count). The fourth-order valence-electron chi connectivity index (χ4n) is 1.98. The van der Waals surface area contributed by atoms with Gasteiger partial charge in [-0.15, -0.1) is 0 Å². The molecule has 0 unspecified atom stereocenters. The highest BCUT2D eigenvalue weighted by atomic mass is 79.9. The molecule has 0 spiro atoms. The van der Waals surface area contributed by atoms with Crippen molar-refractivity contribution < 1.29 is 13.6 Å². The van der Waals surface area contributed by atoms with E-state index in [1.165, 1.54) is 0 Å². The quantitative estimate of drug-likeness (QED) is 0.851. The van der Waals surface area contributed by atoms with Gasteiger partial charge in [0.25, 0.3) is 5.91 Å². The predicted octanol–water partition coefficient (Wildman–Crippen LogP) is 4.60. The summed E-state index contributed by atoms with van der Waals surface area (Å²) >= 11 is 3.37. The molecular weight excluding hydrogens is 328 g/mol. The molecule has 2 nitrogen and oxygen atoms in total. The van der Waals surface area contributed by atoms with Gasteiger partial charge in [0, 0.05) is 21.8 Å². The van der Waals surface area contributed by atoms with E-state index in [4.69, 9.17) is 0 Å². The lowest BCUT2D eigenvalue weighted by Crippen LogP contribution is -2.14. The van der Waals surface area contributed by atoms with E-state index in [-0.39, 0.29) is 5.56 Å². The summed E-state index contributed by atoms with van der Waals surface area (Å²) in [6, 6.07) is 6.44. The number of anilines is 1. The van der Waals surface area contributed by atoms with Crippen LogP contribution in [0.3, 0.4) is 0 Å². The van der Waals surface area contributed by atoms with Gasteiger partial charge in [-0.3, -0.25) is 4.79 Å². The molecule has 1 amide bonds. The third-order valence-corrected chi connectivity index (χ3v) is 3.32. The van der Waals surface area contributed by atoms with Crippen LogP contribution in [0.15, 0.2) is 34.8 Å². The Morgan fingerprint density at radius 1 is 1.00 bits per heavy atom. The lowest BCUT2D eigenvalue weighted by atomic mass is 10.1. The van der Waals surface area contributed by atoms with Crippen LogP contribution in [0.5, 0.6) is 0 Å². The number of rotatable bonds is 2. The number of nitrogens with one attached hydrogen (secondary N) is 1. The summed E-state index contributed by atoms with van der Waals surface area (Å²) < 4.78 is 27.1. The van der Waals surface area contributed by atoms with Crippen LogP contribution in [0.25, 0.3) is 0 Å². The fraction of sp³-hybridized carbons (Fsp3) is 0.133. The smallest absolute Gasteiger partial charge is 0.255 e. The molecule has 0 radical (unpaired) electrons. The molecule has 1 N–H and O–H groups in total. The Hall–Kier alpha value is -1.75. The molecule has 0 saturated heterocycles. The Balaban J connectivity index is 2.32. The van der Waals surface area contributed by atoms with Gasteiger partial charge in [-0.05, 0) is 49.2 Å². The van der Waals surface area contributed by atoms with E-state index in [0.29, 0.717) is 5.69 Å². The number of hydrogen-bond acceptors (Lipinski definition) is 1. The van der Waals surface area contributed by atoms with Crippen molar-refractivity contribution in [1.29, 1.82) is 0 Å². The maximum atomic E-state index is 13.1. The monoisotopic (exact) mass is 339 g/mol. The van der Waals surface area contributed by atoms with Crippen LogP contribution >= 0.6 is 15.9 Å². The van der Waals surface area contributed by atoms with Gasteiger partial charge in [-0.1, -0.05) is 15.9 Å². The molecule has 0 fully saturated rings. The van der Waals surface area contributed by atoms with Crippen molar-refractivity contribution in [2.75, 3.05) is 5.32 Å². The van der Waals surface area contributed by atoms with Gasteiger partial charge >= 0.3 is 0 Å². The highest BCUT2D eigenvalue weighted by Gasteiger charge is 2.12. The molecule has 20 heavy (non-hydrogen) atoms. The van der Waals surface area contributed by atoms with Gasteiger partial charge in [0.15, 0.2) is 0 Å². The van der Waals surface area contributed by atoms with Crippen molar-refractivity contribution in [2.45, 2.75) is 13.8 Å². The minimum atomic E-state index is -0.778. The molecule has 0 aromatic heterocycles. The van der Waals surface area contributed by atoms with Crippen LogP contribution in [0.4, 0.5) is 14.5 Å².